The molecule has 0 aromatic rings. The lowest BCUT2D eigenvalue weighted by molar-refractivity contribution is -0.0416. The van der Waals surface area contributed by atoms with Crippen molar-refractivity contribution in [2.45, 2.75) is 19.6 Å². The van der Waals surface area contributed by atoms with E-state index in [9.17, 15) is 0 Å². The Morgan fingerprint density at radius 2 is 2.50 bits per heavy atom. The van der Waals surface area contributed by atoms with E-state index in [0.717, 1.165) is 26.3 Å². The van der Waals surface area contributed by atoms with Crippen LogP contribution in [0, 0.1) is 0 Å². The van der Waals surface area contributed by atoms with Gasteiger partial charge in [0.05, 0.1) is 6.61 Å². The first-order chi connectivity index (χ1) is 4.88. The summed E-state index contributed by atoms with van der Waals surface area (Å²) in [7, 11) is 1.74. The summed E-state index contributed by atoms with van der Waals surface area (Å²) < 4.78 is 10.4. The van der Waals surface area contributed by atoms with Gasteiger partial charge in [-0.1, -0.05) is 6.92 Å². The number of methoxy groups -OCH3 is 1. The van der Waals surface area contributed by atoms with E-state index in [4.69, 9.17) is 9.47 Å². The van der Waals surface area contributed by atoms with Gasteiger partial charge in [0.15, 0.2) is 0 Å². The molecule has 1 heterocycles. The Bertz CT molecular complexity index is 87.6. The Labute approximate surface area is 61.9 Å². The third-order valence-corrected chi connectivity index (χ3v) is 1.81. The molecule has 10 heavy (non-hydrogen) atoms. The second-order valence-corrected chi connectivity index (χ2v) is 2.45. The summed E-state index contributed by atoms with van der Waals surface area (Å²) >= 11 is 0. The number of hydrogen-bond donors (Lipinski definition) is 0. The van der Waals surface area contributed by atoms with Crippen molar-refractivity contribution in [3.63, 3.8) is 0 Å². The maximum Gasteiger partial charge on any atom is 0.111 e. The van der Waals surface area contributed by atoms with Gasteiger partial charge in [0.2, 0.25) is 0 Å². The van der Waals surface area contributed by atoms with Gasteiger partial charge in [-0.2, -0.15) is 0 Å². The van der Waals surface area contributed by atoms with E-state index in [-0.39, 0.29) is 6.23 Å². The van der Waals surface area contributed by atoms with Crippen LogP contribution in [0.3, 0.4) is 0 Å². The van der Waals surface area contributed by atoms with Crippen LogP contribution in [0.2, 0.25) is 0 Å². The Hall–Kier alpha value is -0.120. The predicted molar refractivity (Wildman–Crippen MR) is 38.6 cm³/mol. The van der Waals surface area contributed by atoms with Crippen molar-refractivity contribution in [2.24, 2.45) is 0 Å². The summed E-state index contributed by atoms with van der Waals surface area (Å²) in [5.74, 6) is 0. The molecule has 1 aliphatic heterocycles. The van der Waals surface area contributed by atoms with Crippen molar-refractivity contribution in [1.82, 2.24) is 4.90 Å². The fourth-order valence-corrected chi connectivity index (χ4v) is 1.23. The van der Waals surface area contributed by atoms with E-state index >= 15 is 0 Å². The van der Waals surface area contributed by atoms with Crippen molar-refractivity contribution < 1.29 is 9.47 Å². The van der Waals surface area contributed by atoms with Crippen LogP contribution >= 0.6 is 0 Å². The standard InChI is InChI=1S/C7H15NO2/c1-3-7(9-2)8-4-5-10-6-8/h7H,3-6H2,1-2H3. The molecule has 0 saturated carbocycles. The molecule has 3 heteroatoms. The second kappa shape index (κ2) is 3.91. The topological polar surface area (TPSA) is 21.7 Å². The first-order valence-corrected chi connectivity index (χ1v) is 3.73. The molecule has 1 fully saturated rings. The summed E-state index contributed by atoms with van der Waals surface area (Å²) in [6.45, 7) is 4.70. The lowest BCUT2D eigenvalue weighted by Crippen LogP contribution is -2.33. The molecule has 0 amide bonds. The molecule has 1 aliphatic rings. The Morgan fingerprint density at radius 3 is 2.90 bits per heavy atom. The van der Waals surface area contributed by atoms with Gasteiger partial charge in [-0.25, -0.2) is 0 Å². The van der Waals surface area contributed by atoms with E-state index in [1.165, 1.54) is 0 Å². The predicted octanol–water partition coefficient (Wildman–Crippen LogP) is 0.659. The van der Waals surface area contributed by atoms with Gasteiger partial charge >= 0.3 is 0 Å². The Morgan fingerprint density at radius 1 is 1.70 bits per heavy atom. The molecule has 0 N–H and O–H groups in total. The fourth-order valence-electron chi connectivity index (χ4n) is 1.23. The van der Waals surface area contributed by atoms with Crippen molar-refractivity contribution in [1.29, 1.82) is 0 Å². The minimum Gasteiger partial charge on any atom is -0.366 e. The van der Waals surface area contributed by atoms with E-state index in [2.05, 4.69) is 11.8 Å². The lowest BCUT2D eigenvalue weighted by atomic mass is 10.4. The van der Waals surface area contributed by atoms with Crippen molar-refractivity contribution in [3.05, 3.63) is 0 Å². The van der Waals surface area contributed by atoms with Crippen LogP contribution in [0.5, 0.6) is 0 Å². The van der Waals surface area contributed by atoms with Gasteiger partial charge in [0.1, 0.15) is 13.0 Å². The molecule has 0 aliphatic carbocycles. The summed E-state index contributed by atoms with van der Waals surface area (Å²) in [6.07, 6.45) is 1.28. The van der Waals surface area contributed by atoms with Crippen LogP contribution in [-0.2, 0) is 9.47 Å². The highest BCUT2D eigenvalue weighted by Crippen LogP contribution is 2.08. The number of nitrogens with zero attached hydrogens (tertiary/aromatic N) is 1. The van der Waals surface area contributed by atoms with Crippen LogP contribution < -0.4 is 0 Å². The van der Waals surface area contributed by atoms with Crippen LogP contribution in [0.15, 0.2) is 0 Å². The molecule has 1 atom stereocenters. The highest BCUT2D eigenvalue weighted by atomic mass is 16.5. The largest absolute Gasteiger partial charge is 0.366 e. The molecular weight excluding hydrogens is 130 g/mol. The second-order valence-electron chi connectivity index (χ2n) is 2.45. The van der Waals surface area contributed by atoms with Crippen molar-refractivity contribution >= 4 is 0 Å². The smallest absolute Gasteiger partial charge is 0.111 e. The summed E-state index contributed by atoms with van der Waals surface area (Å²) in [5.41, 5.74) is 0. The molecule has 0 radical (unpaired) electrons. The SMILES string of the molecule is CCC(OC)N1CCOC1. The van der Waals surface area contributed by atoms with Gasteiger partial charge in [-0.15, -0.1) is 0 Å². The molecule has 0 aromatic carbocycles. The number of rotatable bonds is 3. The zero-order valence-electron chi connectivity index (χ0n) is 6.67. The molecule has 60 valence electrons. The van der Waals surface area contributed by atoms with Crippen LogP contribution in [0.4, 0.5) is 0 Å². The Kier molecular flexibility index (Phi) is 3.12. The van der Waals surface area contributed by atoms with Gasteiger partial charge in [-0.05, 0) is 6.42 Å². The Balaban J connectivity index is 2.29. The summed E-state index contributed by atoms with van der Waals surface area (Å²) in [5, 5.41) is 0. The maximum absolute atomic E-state index is 5.23. The molecule has 0 spiro atoms. The summed E-state index contributed by atoms with van der Waals surface area (Å²) in [6, 6.07) is 0. The van der Waals surface area contributed by atoms with E-state index in [1.807, 2.05) is 0 Å². The van der Waals surface area contributed by atoms with Gasteiger partial charge in [-0.3, -0.25) is 4.90 Å². The van der Waals surface area contributed by atoms with Crippen LogP contribution in [-0.4, -0.2) is 38.1 Å². The first-order valence-electron chi connectivity index (χ1n) is 3.73. The molecular formula is C7H15NO2. The fraction of sp³-hybridized carbons (Fsp3) is 1.00. The van der Waals surface area contributed by atoms with E-state index < -0.39 is 0 Å². The first kappa shape index (κ1) is 7.98. The average Bonchev–Trinajstić information content (AvgIpc) is 2.43. The van der Waals surface area contributed by atoms with Gasteiger partial charge in [0.25, 0.3) is 0 Å². The van der Waals surface area contributed by atoms with Crippen LogP contribution in [0.25, 0.3) is 0 Å². The van der Waals surface area contributed by atoms with Gasteiger partial charge in [0, 0.05) is 13.7 Å². The van der Waals surface area contributed by atoms with E-state index in [0.29, 0.717) is 0 Å². The van der Waals surface area contributed by atoms with Crippen LogP contribution in [0.1, 0.15) is 13.3 Å². The summed E-state index contributed by atoms with van der Waals surface area (Å²) in [4.78, 5) is 2.19. The third-order valence-electron chi connectivity index (χ3n) is 1.81. The maximum atomic E-state index is 5.23. The van der Waals surface area contributed by atoms with Gasteiger partial charge < -0.3 is 9.47 Å². The van der Waals surface area contributed by atoms with Crippen molar-refractivity contribution in [3.8, 4) is 0 Å². The molecule has 1 rings (SSSR count). The molecule has 3 nitrogen and oxygen atoms in total. The zero-order chi connectivity index (χ0) is 7.40. The quantitative estimate of drug-likeness (QED) is 0.582. The minimum absolute atomic E-state index is 0.252. The normalized spacial score (nSPS) is 23.4. The monoisotopic (exact) mass is 145 g/mol. The lowest BCUT2D eigenvalue weighted by Gasteiger charge is -2.22. The molecule has 1 unspecified atom stereocenters. The third kappa shape index (κ3) is 1.68. The number of ether oxygens (including phenoxy) is 2. The minimum atomic E-state index is 0.252. The van der Waals surface area contributed by atoms with E-state index in [1.54, 1.807) is 7.11 Å². The molecule has 0 aromatic heterocycles. The number of hydrogen-bond acceptors (Lipinski definition) is 3. The molecule has 1 saturated heterocycles. The molecule has 0 bridgehead atoms. The zero-order valence-corrected chi connectivity index (χ0v) is 6.67. The highest BCUT2D eigenvalue weighted by molar-refractivity contribution is 4.62. The van der Waals surface area contributed by atoms with Crippen molar-refractivity contribution in [2.75, 3.05) is 27.0 Å². The highest BCUT2D eigenvalue weighted by Gasteiger charge is 2.19. The average molecular weight is 145 g/mol.